The van der Waals surface area contributed by atoms with E-state index in [2.05, 4.69) is 0 Å². The number of rotatable bonds is 8. The second-order valence-corrected chi connectivity index (χ2v) is 6.22. The third-order valence-electron chi connectivity index (χ3n) is 2.52. The Hall–Kier alpha value is -1.19. The topological polar surface area (TPSA) is 98.2 Å². The molecule has 0 bridgehead atoms. The fourth-order valence-corrected chi connectivity index (χ4v) is 2.53. The van der Waals surface area contributed by atoms with Gasteiger partial charge in [0.05, 0.1) is 13.0 Å². The van der Waals surface area contributed by atoms with Gasteiger partial charge in [0.25, 0.3) is 10.2 Å². The van der Waals surface area contributed by atoms with Crippen molar-refractivity contribution in [3.05, 3.63) is 0 Å². The van der Waals surface area contributed by atoms with Crippen molar-refractivity contribution in [1.29, 1.82) is 0 Å². The van der Waals surface area contributed by atoms with Gasteiger partial charge in [-0.2, -0.15) is 17.0 Å². The van der Waals surface area contributed by atoms with Crippen LogP contribution < -0.4 is 0 Å². The Bertz CT molecular complexity index is 421. The first kappa shape index (κ1) is 17.8. The van der Waals surface area contributed by atoms with Crippen LogP contribution in [-0.4, -0.2) is 79.7 Å². The third kappa shape index (κ3) is 5.53. The first-order valence-corrected chi connectivity index (χ1v) is 7.16. The molecule has 0 rings (SSSR count). The van der Waals surface area contributed by atoms with Crippen LogP contribution >= 0.6 is 0 Å². The zero-order valence-corrected chi connectivity index (χ0v) is 12.5. The second kappa shape index (κ2) is 7.41. The van der Waals surface area contributed by atoms with Crippen molar-refractivity contribution in [3.63, 3.8) is 0 Å². The van der Waals surface area contributed by atoms with Crippen LogP contribution in [0.5, 0.6) is 0 Å². The van der Waals surface area contributed by atoms with E-state index in [0.29, 0.717) is 0 Å². The van der Waals surface area contributed by atoms with Gasteiger partial charge >= 0.3 is 5.97 Å². The molecule has 112 valence electrons. The van der Waals surface area contributed by atoms with Crippen LogP contribution in [0.25, 0.3) is 0 Å². The monoisotopic (exact) mass is 295 g/mol. The van der Waals surface area contributed by atoms with Crippen molar-refractivity contribution in [2.75, 3.05) is 40.8 Å². The maximum absolute atomic E-state index is 12.1. The Morgan fingerprint density at radius 3 is 2.05 bits per heavy atom. The summed E-state index contributed by atoms with van der Waals surface area (Å²) in [6.45, 7) is 1.36. The lowest BCUT2D eigenvalue weighted by Gasteiger charge is -2.26. The van der Waals surface area contributed by atoms with E-state index in [4.69, 9.17) is 5.11 Å². The smallest absolute Gasteiger partial charge is 0.304 e. The molecule has 0 aromatic carbocycles. The van der Waals surface area contributed by atoms with Gasteiger partial charge in [-0.05, 0) is 0 Å². The molecule has 19 heavy (non-hydrogen) atoms. The van der Waals surface area contributed by atoms with E-state index in [0.717, 1.165) is 8.61 Å². The maximum atomic E-state index is 12.1. The van der Waals surface area contributed by atoms with Crippen molar-refractivity contribution in [1.82, 2.24) is 13.5 Å². The van der Waals surface area contributed by atoms with Gasteiger partial charge in [-0.15, -0.1) is 0 Å². The molecule has 0 spiro atoms. The standard InChI is InChI=1S/C10H21N3O5S/c1-5-13(8-9(14)11(2)3)19(17,18)12(4)7-6-10(15)16/h5-8H2,1-4H3,(H,15,16). The lowest BCUT2D eigenvalue weighted by atomic mass is 10.4. The van der Waals surface area contributed by atoms with E-state index in [1.807, 2.05) is 0 Å². The van der Waals surface area contributed by atoms with Crippen LogP contribution in [0, 0.1) is 0 Å². The fraction of sp³-hybridized carbons (Fsp3) is 0.800. The van der Waals surface area contributed by atoms with Gasteiger partial charge in [0.2, 0.25) is 5.91 Å². The summed E-state index contributed by atoms with van der Waals surface area (Å²) in [7, 11) is 0.550. The summed E-state index contributed by atoms with van der Waals surface area (Å²) in [4.78, 5) is 23.3. The van der Waals surface area contributed by atoms with Crippen LogP contribution in [0.4, 0.5) is 0 Å². The van der Waals surface area contributed by atoms with Crippen LogP contribution in [0.3, 0.4) is 0 Å². The molecule has 0 atom stereocenters. The van der Waals surface area contributed by atoms with E-state index < -0.39 is 16.2 Å². The zero-order chi connectivity index (χ0) is 15.2. The number of carbonyl (C=O) groups is 2. The number of hydrogen-bond acceptors (Lipinski definition) is 4. The molecule has 0 unspecified atom stereocenters. The summed E-state index contributed by atoms with van der Waals surface area (Å²) in [5.41, 5.74) is 0. The van der Waals surface area contributed by atoms with E-state index in [9.17, 15) is 18.0 Å². The lowest BCUT2D eigenvalue weighted by molar-refractivity contribution is -0.137. The molecule has 0 saturated heterocycles. The number of nitrogens with zero attached hydrogens (tertiary/aromatic N) is 3. The Labute approximate surface area is 113 Å². The predicted molar refractivity (Wildman–Crippen MR) is 69.7 cm³/mol. The molecule has 0 aromatic heterocycles. The molecule has 1 N–H and O–H groups in total. The summed E-state index contributed by atoms with van der Waals surface area (Å²) in [6, 6.07) is 0. The zero-order valence-electron chi connectivity index (χ0n) is 11.7. The molecule has 8 nitrogen and oxygen atoms in total. The number of amides is 1. The van der Waals surface area contributed by atoms with E-state index in [-0.39, 0.29) is 32.0 Å². The molecule has 0 fully saturated rings. The van der Waals surface area contributed by atoms with E-state index in [1.54, 1.807) is 6.92 Å². The van der Waals surface area contributed by atoms with Gasteiger partial charge in [0.15, 0.2) is 0 Å². The number of likely N-dealkylation sites (N-methyl/N-ethyl adjacent to an activating group) is 2. The normalized spacial score (nSPS) is 11.9. The van der Waals surface area contributed by atoms with Gasteiger partial charge in [0, 0.05) is 34.2 Å². The third-order valence-corrected chi connectivity index (χ3v) is 4.53. The lowest BCUT2D eigenvalue weighted by Crippen LogP contribution is -2.46. The molecular formula is C10H21N3O5S. The highest BCUT2D eigenvalue weighted by Gasteiger charge is 2.28. The SMILES string of the molecule is CCN(CC(=O)N(C)C)S(=O)(=O)N(C)CCC(=O)O. The molecule has 0 radical (unpaired) electrons. The van der Waals surface area contributed by atoms with Gasteiger partial charge in [-0.3, -0.25) is 9.59 Å². The Kier molecular flexibility index (Phi) is 6.95. The van der Waals surface area contributed by atoms with Crippen LogP contribution in [0.15, 0.2) is 0 Å². The first-order chi connectivity index (χ1) is 8.62. The molecule has 0 aromatic rings. The minimum atomic E-state index is -3.82. The Balaban J connectivity index is 4.82. The van der Waals surface area contributed by atoms with Crippen molar-refractivity contribution in [3.8, 4) is 0 Å². The summed E-state index contributed by atoms with van der Waals surface area (Å²) in [5, 5.41) is 8.55. The number of carbonyl (C=O) groups excluding carboxylic acids is 1. The minimum absolute atomic E-state index is 0.135. The summed E-state index contributed by atoms with van der Waals surface area (Å²) < 4.78 is 26.2. The van der Waals surface area contributed by atoms with E-state index in [1.165, 1.54) is 26.0 Å². The highest BCUT2D eigenvalue weighted by atomic mass is 32.2. The molecular weight excluding hydrogens is 274 g/mol. The molecule has 1 amide bonds. The molecule has 9 heteroatoms. The van der Waals surface area contributed by atoms with E-state index >= 15 is 0 Å². The van der Waals surface area contributed by atoms with Crippen LogP contribution in [-0.2, 0) is 19.8 Å². The van der Waals surface area contributed by atoms with Crippen molar-refractivity contribution >= 4 is 22.1 Å². The minimum Gasteiger partial charge on any atom is -0.481 e. The number of carboxylic acids is 1. The molecule has 0 aliphatic carbocycles. The van der Waals surface area contributed by atoms with Crippen LogP contribution in [0.1, 0.15) is 13.3 Å². The largest absolute Gasteiger partial charge is 0.481 e. The molecule has 0 saturated carbocycles. The average Bonchev–Trinajstić information content (AvgIpc) is 2.31. The van der Waals surface area contributed by atoms with Crippen molar-refractivity contribution < 1.29 is 23.1 Å². The number of carboxylic acid groups (broad SMARTS) is 1. The predicted octanol–water partition coefficient (Wildman–Crippen LogP) is -0.952. The molecule has 0 aliphatic heterocycles. The Morgan fingerprint density at radius 2 is 1.68 bits per heavy atom. The summed E-state index contributed by atoms with van der Waals surface area (Å²) in [5.74, 6) is -1.41. The van der Waals surface area contributed by atoms with Crippen molar-refractivity contribution in [2.45, 2.75) is 13.3 Å². The highest BCUT2D eigenvalue weighted by molar-refractivity contribution is 7.86. The second-order valence-electron chi connectivity index (χ2n) is 4.19. The van der Waals surface area contributed by atoms with Gasteiger partial charge < -0.3 is 10.0 Å². The van der Waals surface area contributed by atoms with Gasteiger partial charge in [-0.1, -0.05) is 6.92 Å². The average molecular weight is 295 g/mol. The highest BCUT2D eigenvalue weighted by Crippen LogP contribution is 2.07. The fourth-order valence-electron chi connectivity index (χ4n) is 1.21. The number of aliphatic carboxylic acids is 1. The van der Waals surface area contributed by atoms with Crippen LogP contribution in [0.2, 0.25) is 0 Å². The maximum Gasteiger partial charge on any atom is 0.304 e. The summed E-state index contributed by atoms with van der Waals surface area (Å²) >= 11 is 0. The van der Waals surface area contributed by atoms with Gasteiger partial charge in [-0.25, -0.2) is 0 Å². The quantitative estimate of drug-likeness (QED) is 0.622. The first-order valence-electron chi connectivity index (χ1n) is 5.76. The van der Waals surface area contributed by atoms with Gasteiger partial charge in [0.1, 0.15) is 0 Å². The Morgan fingerprint density at radius 1 is 1.16 bits per heavy atom. The van der Waals surface area contributed by atoms with Crippen molar-refractivity contribution in [2.24, 2.45) is 0 Å². The summed E-state index contributed by atoms with van der Waals surface area (Å²) in [6.07, 6.45) is -0.283. The molecule has 0 heterocycles. The molecule has 0 aliphatic rings. The number of hydrogen-bond donors (Lipinski definition) is 1.